The van der Waals surface area contributed by atoms with Crippen LogP contribution in [-0.4, -0.2) is 41.3 Å². The van der Waals surface area contributed by atoms with Crippen molar-refractivity contribution >= 4 is 28.5 Å². The molecule has 23 heavy (non-hydrogen) atoms. The number of hydrogen-bond acceptors (Lipinski definition) is 6. The summed E-state index contributed by atoms with van der Waals surface area (Å²) in [5.41, 5.74) is 1.07. The van der Waals surface area contributed by atoms with E-state index >= 15 is 0 Å². The Labute approximate surface area is 130 Å². The predicted octanol–water partition coefficient (Wildman–Crippen LogP) is 0.668. The number of rotatable bonds is 2. The Morgan fingerprint density at radius 3 is 2.83 bits per heavy atom. The Kier molecular flexibility index (Phi) is 3.08. The molecular weight excluding hydrogens is 305 g/mol. The number of aromatic nitrogens is 1. The van der Waals surface area contributed by atoms with Crippen LogP contribution in [-0.2, 0) is 9.59 Å². The summed E-state index contributed by atoms with van der Waals surface area (Å²) in [5, 5.41) is 15.9. The summed E-state index contributed by atoms with van der Waals surface area (Å²) in [6, 6.07) is 2.82. The first-order valence-corrected chi connectivity index (χ1v) is 7.38. The van der Waals surface area contributed by atoms with E-state index in [1.807, 2.05) is 0 Å². The van der Waals surface area contributed by atoms with Gasteiger partial charge in [-0.3, -0.25) is 14.9 Å². The number of nitrogens with zero attached hydrogens (tertiary/aromatic N) is 2. The van der Waals surface area contributed by atoms with Gasteiger partial charge in [-0.1, -0.05) is 5.16 Å². The number of carbonyl (C=O) groups excluding carboxylic acids is 2. The van der Waals surface area contributed by atoms with Crippen molar-refractivity contribution in [3.05, 3.63) is 23.6 Å². The molecule has 1 atom stereocenters. The van der Waals surface area contributed by atoms with Gasteiger partial charge >= 0.3 is 0 Å². The second-order valence-corrected chi connectivity index (χ2v) is 5.93. The van der Waals surface area contributed by atoms with Crippen LogP contribution in [0.25, 0.3) is 11.0 Å². The van der Waals surface area contributed by atoms with Gasteiger partial charge in [-0.05, 0) is 12.5 Å². The van der Waals surface area contributed by atoms with Crippen molar-refractivity contribution < 1.29 is 23.6 Å². The Bertz CT molecular complexity index is 812. The highest BCUT2D eigenvalue weighted by molar-refractivity contribution is 6.02. The molecule has 4 rings (SSSR count). The molecule has 2 aliphatic rings. The number of β-amino-alcohol motifs (C(OH)–C–C–N with tert-alkyl or cyclic N) is 1. The molecule has 3 heterocycles. The fraction of sp³-hybridized carbons (Fsp3) is 0.400. The van der Waals surface area contributed by atoms with E-state index in [0.29, 0.717) is 41.9 Å². The molecule has 8 heteroatoms. The molecule has 0 radical (unpaired) electrons. The highest BCUT2D eigenvalue weighted by Gasteiger charge is 2.33. The Morgan fingerprint density at radius 2 is 2.13 bits per heavy atom. The van der Waals surface area contributed by atoms with Crippen molar-refractivity contribution in [1.29, 1.82) is 0 Å². The molecule has 1 aromatic carbocycles. The number of amides is 2. The zero-order valence-corrected chi connectivity index (χ0v) is 12.1. The molecule has 2 saturated heterocycles. The summed E-state index contributed by atoms with van der Waals surface area (Å²) < 4.78 is 19.6. The van der Waals surface area contributed by atoms with Gasteiger partial charge in [-0.25, -0.2) is 4.39 Å². The normalized spacial score (nSPS) is 22.3. The molecule has 2 amide bonds. The third kappa shape index (κ3) is 2.26. The van der Waals surface area contributed by atoms with Crippen molar-refractivity contribution in [2.24, 2.45) is 0 Å². The molecular formula is C15H14FN3O4. The summed E-state index contributed by atoms with van der Waals surface area (Å²) in [6.07, 6.45) is 0.101. The molecule has 0 spiro atoms. The lowest BCUT2D eigenvalue weighted by atomic mass is 9.92. The van der Waals surface area contributed by atoms with Crippen molar-refractivity contribution in [3.63, 3.8) is 0 Å². The number of nitrogens with one attached hydrogen (secondary N) is 1. The summed E-state index contributed by atoms with van der Waals surface area (Å²) in [4.78, 5) is 24.9. The van der Waals surface area contributed by atoms with Crippen LogP contribution in [0.4, 0.5) is 10.1 Å². The molecule has 120 valence electrons. The number of hydrogen-bond donors (Lipinski definition) is 2. The lowest BCUT2D eigenvalue weighted by Crippen LogP contribution is -2.51. The Balaban J connectivity index is 1.71. The maximum absolute atomic E-state index is 14.4. The van der Waals surface area contributed by atoms with Gasteiger partial charge in [0.1, 0.15) is 11.5 Å². The molecule has 0 saturated carbocycles. The highest BCUT2D eigenvalue weighted by atomic mass is 19.1. The van der Waals surface area contributed by atoms with Crippen LogP contribution in [0, 0.1) is 5.82 Å². The summed E-state index contributed by atoms with van der Waals surface area (Å²) in [7, 11) is 0. The summed E-state index contributed by atoms with van der Waals surface area (Å²) in [6.45, 7) is 0.743. The highest BCUT2D eigenvalue weighted by Crippen LogP contribution is 2.34. The van der Waals surface area contributed by atoms with Gasteiger partial charge in [0.2, 0.25) is 11.8 Å². The van der Waals surface area contributed by atoms with Crippen molar-refractivity contribution in [2.75, 3.05) is 18.0 Å². The summed E-state index contributed by atoms with van der Waals surface area (Å²) in [5.74, 6) is -1.83. The van der Waals surface area contributed by atoms with E-state index in [2.05, 4.69) is 10.5 Å². The predicted molar refractivity (Wildman–Crippen MR) is 77.3 cm³/mol. The number of aliphatic hydroxyl groups excluding tert-OH is 1. The minimum atomic E-state index is -0.620. The first-order chi connectivity index (χ1) is 11.0. The average Bonchev–Trinajstić information content (AvgIpc) is 2.86. The van der Waals surface area contributed by atoms with E-state index in [9.17, 15) is 19.1 Å². The topological polar surface area (TPSA) is 95.7 Å². The van der Waals surface area contributed by atoms with Crippen molar-refractivity contribution in [2.45, 2.75) is 24.9 Å². The average molecular weight is 319 g/mol. The number of benzene rings is 1. The number of aliphatic hydroxyl groups is 1. The van der Waals surface area contributed by atoms with Gasteiger partial charge in [-0.15, -0.1) is 0 Å². The minimum absolute atomic E-state index is 0.219. The molecule has 1 unspecified atom stereocenters. The van der Waals surface area contributed by atoms with Crippen LogP contribution >= 0.6 is 0 Å². The van der Waals surface area contributed by atoms with Crippen molar-refractivity contribution in [3.8, 4) is 0 Å². The monoisotopic (exact) mass is 319 g/mol. The van der Waals surface area contributed by atoms with E-state index in [0.717, 1.165) is 0 Å². The Morgan fingerprint density at radius 1 is 1.35 bits per heavy atom. The molecule has 2 N–H and O–H groups in total. The second kappa shape index (κ2) is 5.02. The quantitative estimate of drug-likeness (QED) is 0.790. The van der Waals surface area contributed by atoms with E-state index in [4.69, 9.17) is 4.52 Å². The van der Waals surface area contributed by atoms with Crippen LogP contribution < -0.4 is 10.2 Å². The van der Waals surface area contributed by atoms with E-state index in [1.54, 1.807) is 4.90 Å². The zero-order chi connectivity index (χ0) is 16.1. The van der Waals surface area contributed by atoms with E-state index in [-0.39, 0.29) is 12.3 Å². The molecule has 2 fully saturated rings. The molecule has 0 aliphatic carbocycles. The van der Waals surface area contributed by atoms with Crippen LogP contribution in [0.1, 0.15) is 24.5 Å². The molecule has 1 aromatic heterocycles. The summed E-state index contributed by atoms with van der Waals surface area (Å²) >= 11 is 0. The second-order valence-electron chi connectivity index (χ2n) is 5.93. The number of imide groups is 1. The van der Waals surface area contributed by atoms with Gasteiger partial charge in [0, 0.05) is 31.0 Å². The Hall–Kier alpha value is -2.48. The SMILES string of the molecule is O=C1CCC(c2noc3cc(N4CC(O)C4)c(F)cc23)C(=O)N1. The standard InChI is InChI=1S/C15H14FN3O4/c16-10-3-9-12(4-11(10)19-5-7(20)6-19)23-18-14(9)8-1-2-13(21)17-15(8)22/h3-4,7-8,20H,1-2,5-6H2,(H,17,21,22). The minimum Gasteiger partial charge on any atom is -0.389 e. The fourth-order valence-corrected chi connectivity index (χ4v) is 3.07. The number of anilines is 1. The molecule has 2 aliphatic heterocycles. The maximum Gasteiger partial charge on any atom is 0.235 e. The van der Waals surface area contributed by atoms with Crippen molar-refractivity contribution in [1.82, 2.24) is 10.5 Å². The van der Waals surface area contributed by atoms with Gasteiger partial charge in [0.15, 0.2) is 5.58 Å². The molecule has 0 bridgehead atoms. The smallest absolute Gasteiger partial charge is 0.235 e. The van der Waals surface area contributed by atoms with E-state index in [1.165, 1.54) is 12.1 Å². The lowest BCUT2D eigenvalue weighted by molar-refractivity contribution is -0.134. The van der Waals surface area contributed by atoms with Crippen LogP contribution in [0.5, 0.6) is 0 Å². The molecule has 7 nitrogen and oxygen atoms in total. The van der Waals surface area contributed by atoms with Gasteiger partial charge in [0.05, 0.1) is 17.7 Å². The maximum atomic E-state index is 14.4. The van der Waals surface area contributed by atoms with Gasteiger partial charge in [-0.2, -0.15) is 0 Å². The van der Waals surface area contributed by atoms with Crippen LogP contribution in [0.3, 0.4) is 0 Å². The molecule has 2 aromatic rings. The van der Waals surface area contributed by atoms with E-state index < -0.39 is 23.7 Å². The number of fused-ring (bicyclic) bond motifs is 1. The van der Waals surface area contributed by atoms with Gasteiger partial charge < -0.3 is 14.5 Å². The van der Waals surface area contributed by atoms with Crippen LogP contribution in [0.2, 0.25) is 0 Å². The third-order valence-electron chi connectivity index (χ3n) is 4.34. The first-order valence-electron chi connectivity index (χ1n) is 7.38. The third-order valence-corrected chi connectivity index (χ3v) is 4.34. The largest absolute Gasteiger partial charge is 0.389 e. The number of carbonyl (C=O) groups is 2. The number of piperidine rings is 1. The van der Waals surface area contributed by atoms with Gasteiger partial charge in [0.25, 0.3) is 0 Å². The number of halogens is 1. The zero-order valence-electron chi connectivity index (χ0n) is 12.1. The lowest BCUT2D eigenvalue weighted by Gasteiger charge is -2.37. The fourth-order valence-electron chi connectivity index (χ4n) is 3.07. The first kappa shape index (κ1) is 14.1. The van der Waals surface area contributed by atoms with Crippen LogP contribution in [0.15, 0.2) is 16.7 Å².